The monoisotopic (exact) mass is 321 g/mol. The number of halogens is 1. The van der Waals surface area contributed by atoms with Crippen molar-refractivity contribution in [3.8, 4) is 0 Å². The van der Waals surface area contributed by atoms with Crippen LogP contribution in [0, 0.1) is 0 Å². The molecule has 0 aliphatic rings. The number of hydrogen-bond acceptors (Lipinski definition) is 2. The summed E-state index contributed by atoms with van der Waals surface area (Å²) in [6.45, 7) is 0. The Hall–Kier alpha value is -2.16. The molecule has 0 fully saturated rings. The predicted octanol–water partition coefficient (Wildman–Crippen LogP) is 6.27. The van der Waals surface area contributed by atoms with Gasteiger partial charge in [0.1, 0.15) is 5.01 Å². The van der Waals surface area contributed by atoms with E-state index in [-0.39, 0.29) is 0 Å². The molecule has 1 heterocycles. The Balaban J connectivity index is 1.76. The number of nitrogens with zero attached hydrogens (tertiary/aromatic N) is 1. The average molecular weight is 322 g/mol. The van der Waals surface area contributed by atoms with Crippen molar-refractivity contribution in [2.75, 3.05) is 0 Å². The van der Waals surface area contributed by atoms with Crippen molar-refractivity contribution in [1.29, 1.82) is 0 Å². The summed E-state index contributed by atoms with van der Waals surface area (Å²) in [7, 11) is 0. The molecule has 1 aromatic heterocycles. The topological polar surface area (TPSA) is 12.9 Å². The van der Waals surface area contributed by atoms with Crippen molar-refractivity contribution in [1.82, 2.24) is 4.98 Å². The summed E-state index contributed by atoms with van der Waals surface area (Å²) in [4.78, 5) is 4.78. The van der Waals surface area contributed by atoms with E-state index in [9.17, 15) is 0 Å². The number of aromatic nitrogens is 1. The van der Waals surface area contributed by atoms with E-state index in [1.165, 1.54) is 15.5 Å². The molecular weight excluding hydrogens is 310 g/mol. The van der Waals surface area contributed by atoms with Gasteiger partial charge < -0.3 is 0 Å². The van der Waals surface area contributed by atoms with E-state index in [2.05, 4.69) is 48.6 Å². The molecule has 0 atom stereocenters. The van der Waals surface area contributed by atoms with Crippen molar-refractivity contribution in [2.24, 2.45) is 0 Å². The van der Waals surface area contributed by atoms with Crippen LogP contribution in [0.1, 0.15) is 10.6 Å². The van der Waals surface area contributed by atoms with Crippen molar-refractivity contribution in [3.63, 3.8) is 0 Å². The zero-order chi connectivity index (χ0) is 14.9. The highest BCUT2D eigenvalue weighted by Crippen LogP contribution is 2.30. The molecule has 0 saturated heterocycles. The highest BCUT2D eigenvalue weighted by molar-refractivity contribution is 7.19. The summed E-state index contributed by atoms with van der Waals surface area (Å²) in [6.07, 6.45) is 4.12. The van der Waals surface area contributed by atoms with Gasteiger partial charge in [-0.15, -0.1) is 11.3 Å². The van der Waals surface area contributed by atoms with Crippen LogP contribution < -0.4 is 0 Å². The second-order valence-corrected chi connectivity index (χ2v) is 6.57. The van der Waals surface area contributed by atoms with Gasteiger partial charge in [-0.3, -0.25) is 0 Å². The summed E-state index contributed by atoms with van der Waals surface area (Å²) in [5.41, 5.74) is 2.20. The van der Waals surface area contributed by atoms with Crippen LogP contribution >= 0.6 is 22.9 Å². The average Bonchev–Trinajstić information content (AvgIpc) is 2.98. The first kappa shape index (κ1) is 13.5. The third kappa shape index (κ3) is 2.52. The van der Waals surface area contributed by atoms with E-state index in [0.29, 0.717) is 0 Å². The third-order valence-electron chi connectivity index (χ3n) is 3.59. The Bertz CT molecular complexity index is 983. The minimum Gasteiger partial charge on any atom is -0.236 e. The Morgan fingerprint density at radius 2 is 1.68 bits per heavy atom. The third-order valence-corrected chi connectivity index (χ3v) is 4.83. The Morgan fingerprint density at radius 1 is 0.864 bits per heavy atom. The maximum atomic E-state index is 5.90. The molecule has 1 nitrogen and oxygen atoms in total. The molecule has 0 aliphatic carbocycles. The van der Waals surface area contributed by atoms with Crippen molar-refractivity contribution in [2.45, 2.75) is 0 Å². The van der Waals surface area contributed by atoms with E-state index in [1.807, 2.05) is 24.3 Å². The number of hydrogen-bond donors (Lipinski definition) is 0. The van der Waals surface area contributed by atoms with Crippen LogP contribution in [0.2, 0.25) is 5.02 Å². The SMILES string of the molecule is Clc1ccc(C=Cc2nc3c(ccc4ccccc43)s2)cc1. The van der Waals surface area contributed by atoms with Crippen LogP contribution in [0.5, 0.6) is 0 Å². The maximum absolute atomic E-state index is 5.90. The molecule has 0 unspecified atom stereocenters. The van der Waals surface area contributed by atoms with Crippen LogP contribution in [-0.2, 0) is 0 Å². The van der Waals surface area contributed by atoms with Gasteiger partial charge in [0.15, 0.2) is 0 Å². The second kappa shape index (κ2) is 5.56. The first-order valence-electron chi connectivity index (χ1n) is 7.01. The number of fused-ring (bicyclic) bond motifs is 3. The fourth-order valence-electron chi connectivity index (χ4n) is 2.49. The van der Waals surface area contributed by atoms with Gasteiger partial charge in [0, 0.05) is 10.4 Å². The van der Waals surface area contributed by atoms with Crippen LogP contribution in [-0.4, -0.2) is 4.98 Å². The molecule has 0 radical (unpaired) electrons. The van der Waals surface area contributed by atoms with Gasteiger partial charge in [-0.1, -0.05) is 60.1 Å². The lowest BCUT2D eigenvalue weighted by Crippen LogP contribution is -1.75. The lowest BCUT2D eigenvalue weighted by atomic mass is 10.1. The summed E-state index contributed by atoms with van der Waals surface area (Å²) >= 11 is 7.61. The Labute approximate surface area is 137 Å². The van der Waals surface area contributed by atoms with Crippen LogP contribution in [0.25, 0.3) is 33.1 Å². The van der Waals surface area contributed by atoms with Gasteiger partial charge >= 0.3 is 0 Å². The van der Waals surface area contributed by atoms with Gasteiger partial charge in [-0.25, -0.2) is 4.98 Å². The van der Waals surface area contributed by atoms with Gasteiger partial charge in [-0.05, 0) is 35.2 Å². The van der Waals surface area contributed by atoms with Gasteiger partial charge in [-0.2, -0.15) is 0 Å². The molecule has 0 amide bonds. The van der Waals surface area contributed by atoms with E-state index in [0.717, 1.165) is 21.1 Å². The Kier molecular flexibility index (Phi) is 3.41. The Morgan fingerprint density at radius 3 is 2.55 bits per heavy atom. The molecule has 3 aromatic carbocycles. The van der Waals surface area contributed by atoms with E-state index < -0.39 is 0 Å². The fraction of sp³-hybridized carbons (Fsp3) is 0. The first-order valence-corrected chi connectivity index (χ1v) is 8.21. The van der Waals surface area contributed by atoms with Gasteiger partial charge in [0.25, 0.3) is 0 Å². The number of benzene rings is 3. The van der Waals surface area contributed by atoms with Gasteiger partial charge in [0.05, 0.1) is 10.2 Å². The predicted molar refractivity (Wildman–Crippen MR) is 97.5 cm³/mol. The molecular formula is C19H12ClNS. The molecule has 0 spiro atoms. The van der Waals surface area contributed by atoms with Crippen LogP contribution in [0.4, 0.5) is 0 Å². The molecule has 22 heavy (non-hydrogen) atoms. The van der Waals surface area contributed by atoms with Crippen molar-refractivity contribution in [3.05, 3.63) is 76.3 Å². The first-order chi connectivity index (χ1) is 10.8. The number of thiazole rings is 1. The largest absolute Gasteiger partial charge is 0.236 e. The van der Waals surface area contributed by atoms with Crippen LogP contribution in [0.15, 0.2) is 60.7 Å². The number of rotatable bonds is 2. The van der Waals surface area contributed by atoms with Gasteiger partial charge in [0.2, 0.25) is 0 Å². The van der Waals surface area contributed by atoms with E-state index in [1.54, 1.807) is 11.3 Å². The molecule has 4 rings (SSSR count). The van der Waals surface area contributed by atoms with Crippen molar-refractivity contribution < 1.29 is 0 Å². The highest BCUT2D eigenvalue weighted by atomic mass is 35.5. The van der Waals surface area contributed by atoms with Crippen LogP contribution in [0.3, 0.4) is 0 Å². The molecule has 0 aliphatic heterocycles. The highest BCUT2D eigenvalue weighted by Gasteiger charge is 2.05. The molecule has 0 saturated carbocycles. The molecule has 0 N–H and O–H groups in total. The second-order valence-electron chi connectivity index (χ2n) is 5.07. The van der Waals surface area contributed by atoms with E-state index >= 15 is 0 Å². The molecule has 106 valence electrons. The summed E-state index contributed by atoms with van der Waals surface area (Å²) < 4.78 is 1.22. The zero-order valence-electron chi connectivity index (χ0n) is 11.7. The molecule has 3 heteroatoms. The maximum Gasteiger partial charge on any atom is 0.117 e. The lowest BCUT2D eigenvalue weighted by Gasteiger charge is -1.96. The lowest BCUT2D eigenvalue weighted by molar-refractivity contribution is 1.48. The summed E-state index contributed by atoms with van der Waals surface area (Å²) in [5, 5.41) is 4.21. The molecule has 0 bridgehead atoms. The normalized spacial score (nSPS) is 11.7. The summed E-state index contributed by atoms with van der Waals surface area (Å²) in [5.74, 6) is 0. The standard InChI is InChI=1S/C19H12ClNS/c20-15-9-5-13(6-10-15)7-12-18-21-19-16-4-2-1-3-14(16)8-11-17(19)22-18/h1-12H. The quantitative estimate of drug-likeness (QED) is 0.424. The smallest absolute Gasteiger partial charge is 0.117 e. The molecule has 4 aromatic rings. The van der Waals surface area contributed by atoms with E-state index in [4.69, 9.17) is 16.6 Å². The minimum atomic E-state index is 0.753. The summed E-state index contributed by atoms with van der Waals surface area (Å²) in [6, 6.07) is 20.5. The van der Waals surface area contributed by atoms with Crippen molar-refractivity contribution >= 4 is 56.1 Å². The minimum absolute atomic E-state index is 0.753. The zero-order valence-corrected chi connectivity index (χ0v) is 13.2. The fourth-order valence-corrected chi connectivity index (χ4v) is 3.50.